The molecule has 1 amide bonds. The molecule has 0 spiro atoms. The highest BCUT2D eigenvalue weighted by Crippen LogP contribution is 2.30. The molecule has 1 aromatic heterocycles. The first-order chi connectivity index (χ1) is 24.4. The normalized spacial score (nSPS) is 13.1. The standard InChI is InChI=1S/C40H36ClF2N3O4.ClH/c41-37-25-30(7-16-38(37)50-39-17-15-36(26-44-39)49-28-32-5-9-33(42)10-6-32)8-18-40(47)46-22-20-45(21-23-46)27-31-3-1-29(2-4-31)19-24-48-35-13-11-34(43)12-14-35;/h1-18,25-26H,19-24,27-28H2;1H/b18-8+;. The molecule has 0 aliphatic carbocycles. The van der Waals surface area contributed by atoms with Crippen molar-refractivity contribution >= 4 is 36.0 Å². The van der Waals surface area contributed by atoms with Gasteiger partial charge in [-0.25, -0.2) is 13.8 Å². The Morgan fingerprint density at radius 1 is 0.765 bits per heavy atom. The maximum absolute atomic E-state index is 13.1. The zero-order chi connectivity index (χ0) is 34.7. The largest absolute Gasteiger partial charge is 0.493 e. The zero-order valence-corrected chi connectivity index (χ0v) is 29.3. The summed E-state index contributed by atoms with van der Waals surface area (Å²) in [7, 11) is 0. The second-order valence-corrected chi connectivity index (χ2v) is 12.3. The Labute approximate surface area is 307 Å². The number of carbonyl (C=O) groups is 1. The predicted octanol–water partition coefficient (Wildman–Crippen LogP) is 8.79. The molecule has 0 atom stereocenters. The number of piperazine rings is 1. The molecule has 5 aromatic rings. The molecule has 2 heterocycles. The highest BCUT2D eigenvalue weighted by Gasteiger charge is 2.19. The van der Waals surface area contributed by atoms with Gasteiger partial charge in [-0.1, -0.05) is 54.1 Å². The molecule has 1 aliphatic rings. The fourth-order valence-corrected chi connectivity index (χ4v) is 5.59. The van der Waals surface area contributed by atoms with Crippen LogP contribution in [0, 0.1) is 11.6 Å². The summed E-state index contributed by atoms with van der Waals surface area (Å²) in [5, 5.41) is 0.387. The number of halogens is 4. The molecule has 1 saturated heterocycles. The lowest BCUT2D eigenvalue weighted by Crippen LogP contribution is -2.47. The van der Waals surface area contributed by atoms with Gasteiger partial charge in [0.15, 0.2) is 0 Å². The third kappa shape index (κ3) is 11.3. The molecule has 0 radical (unpaired) electrons. The first kappa shape index (κ1) is 37.3. The zero-order valence-electron chi connectivity index (χ0n) is 27.7. The third-order valence-corrected chi connectivity index (χ3v) is 8.50. The van der Waals surface area contributed by atoms with E-state index in [9.17, 15) is 13.6 Å². The molecular weight excluding hydrogens is 695 g/mol. The molecule has 1 aliphatic heterocycles. The number of amides is 1. The average Bonchev–Trinajstić information content (AvgIpc) is 3.14. The van der Waals surface area contributed by atoms with Gasteiger partial charge in [0.2, 0.25) is 11.8 Å². The van der Waals surface area contributed by atoms with E-state index in [0.717, 1.165) is 37.2 Å². The number of pyridine rings is 1. The number of benzene rings is 4. The van der Waals surface area contributed by atoms with Gasteiger partial charge in [0.1, 0.15) is 35.5 Å². The SMILES string of the molecule is Cl.O=C(/C=C/c1ccc(Oc2ccc(OCc3ccc(F)cc3)cn2)c(Cl)c1)N1CCN(Cc2ccc(CCOc3ccc(F)cc3)cc2)CC1. The van der Waals surface area contributed by atoms with E-state index in [0.29, 0.717) is 47.8 Å². The third-order valence-electron chi connectivity index (χ3n) is 8.20. The Hall–Kier alpha value is -4.96. The fourth-order valence-electron chi connectivity index (χ4n) is 5.36. The van der Waals surface area contributed by atoms with Crippen molar-refractivity contribution in [3.63, 3.8) is 0 Å². The van der Waals surface area contributed by atoms with Crippen molar-refractivity contribution in [3.8, 4) is 23.1 Å². The summed E-state index contributed by atoms with van der Waals surface area (Å²) in [6.45, 7) is 4.52. The second kappa shape index (κ2) is 18.3. The van der Waals surface area contributed by atoms with Gasteiger partial charge < -0.3 is 19.1 Å². The number of aromatic nitrogens is 1. The quantitative estimate of drug-likeness (QED) is 0.113. The summed E-state index contributed by atoms with van der Waals surface area (Å²) in [5.41, 5.74) is 4.02. The summed E-state index contributed by atoms with van der Waals surface area (Å²) in [6.07, 6.45) is 5.64. The molecule has 51 heavy (non-hydrogen) atoms. The highest BCUT2D eigenvalue weighted by molar-refractivity contribution is 6.32. The van der Waals surface area contributed by atoms with Crippen LogP contribution in [0.5, 0.6) is 23.1 Å². The molecule has 6 rings (SSSR count). The summed E-state index contributed by atoms with van der Waals surface area (Å²) in [6, 6.07) is 29.4. The number of ether oxygens (including phenoxy) is 3. The van der Waals surface area contributed by atoms with E-state index >= 15 is 0 Å². The Kier molecular flexibility index (Phi) is 13.4. The van der Waals surface area contributed by atoms with Crippen LogP contribution in [-0.2, 0) is 24.4 Å². The van der Waals surface area contributed by atoms with Crippen LogP contribution in [0.2, 0.25) is 5.02 Å². The van der Waals surface area contributed by atoms with E-state index in [-0.39, 0.29) is 36.6 Å². The average molecular weight is 733 g/mol. The number of hydrogen-bond acceptors (Lipinski definition) is 6. The molecule has 7 nitrogen and oxygen atoms in total. The van der Waals surface area contributed by atoms with Gasteiger partial charge in [-0.05, 0) is 82.9 Å². The molecule has 0 N–H and O–H groups in total. The topological polar surface area (TPSA) is 64.1 Å². The van der Waals surface area contributed by atoms with E-state index in [1.165, 1.54) is 35.4 Å². The molecule has 11 heteroatoms. The van der Waals surface area contributed by atoms with E-state index in [2.05, 4.69) is 34.1 Å². The predicted molar refractivity (Wildman–Crippen MR) is 197 cm³/mol. The first-order valence-corrected chi connectivity index (χ1v) is 16.7. The van der Waals surface area contributed by atoms with Crippen LogP contribution in [-0.4, -0.2) is 53.5 Å². The van der Waals surface area contributed by atoms with Gasteiger partial charge in [-0.3, -0.25) is 9.69 Å². The van der Waals surface area contributed by atoms with Crippen LogP contribution in [0.25, 0.3) is 6.08 Å². The second-order valence-electron chi connectivity index (χ2n) is 11.8. The van der Waals surface area contributed by atoms with Crippen LogP contribution in [0.3, 0.4) is 0 Å². The van der Waals surface area contributed by atoms with Gasteiger partial charge >= 0.3 is 0 Å². The van der Waals surface area contributed by atoms with Gasteiger partial charge in [0.05, 0.1) is 17.8 Å². The Bertz CT molecular complexity index is 1880. The summed E-state index contributed by atoms with van der Waals surface area (Å²) in [4.78, 5) is 21.4. The Morgan fingerprint density at radius 3 is 2.08 bits per heavy atom. The molecule has 1 fully saturated rings. The van der Waals surface area contributed by atoms with Crippen molar-refractivity contribution < 1.29 is 27.8 Å². The summed E-state index contributed by atoms with van der Waals surface area (Å²) < 4.78 is 43.4. The van der Waals surface area contributed by atoms with E-state index < -0.39 is 0 Å². The molecule has 0 saturated carbocycles. The number of carbonyl (C=O) groups excluding carboxylic acids is 1. The Balaban J connectivity index is 0.00000504. The molecule has 264 valence electrons. The van der Waals surface area contributed by atoms with E-state index in [1.54, 1.807) is 66.9 Å². The summed E-state index contributed by atoms with van der Waals surface area (Å²) in [5.74, 6) is 1.38. The smallest absolute Gasteiger partial charge is 0.246 e. The molecular formula is C40H37Cl2F2N3O4. The van der Waals surface area contributed by atoms with E-state index in [4.69, 9.17) is 25.8 Å². The lowest BCUT2D eigenvalue weighted by atomic mass is 10.1. The lowest BCUT2D eigenvalue weighted by Gasteiger charge is -2.34. The van der Waals surface area contributed by atoms with Gasteiger partial charge in [-0.15, -0.1) is 12.4 Å². The van der Waals surface area contributed by atoms with Crippen LogP contribution < -0.4 is 14.2 Å². The van der Waals surface area contributed by atoms with Crippen molar-refractivity contribution in [2.45, 2.75) is 19.6 Å². The van der Waals surface area contributed by atoms with Crippen molar-refractivity contribution in [2.75, 3.05) is 32.8 Å². The van der Waals surface area contributed by atoms with E-state index in [1.807, 2.05) is 11.0 Å². The van der Waals surface area contributed by atoms with Crippen molar-refractivity contribution in [1.82, 2.24) is 14.8 Å². The van der Waals surface area contributed by atoms with Crippen molar-refractivity contribution in [2.24, 2.45) is 0 Å². The minimum atomic E-state index is -0.293. The van der Waals surface area contributed by atoms with Gasteiger partial charge in [0.25, 0.3) is 0 Å². The maximum Gasteiger partial charge on any atom is 0.246 e. The summed E-state index contributed by atoms with van der Waals surface area (Å²) >= 11 is 6.49. The first-order valence-electron chi connectivity index (χ1n) is 16.3. The molecule has 4 aromatic carbocycles. The number of hydrogen-bond donors (Lipinski definition) is 0. The van der Waals surface area contributed by atoms with Gasteiger partial charge in [-0.2, -0.15) is 0 Å². The van der Waals surface area contributed by atoms with Gasteiger partial charge in [0, 0.05) is 51.3 Å². The van der Waals surface area contributed by atoms with Crippen LogP contribution >= 0.6 is 24.0 Å². The molecule has 0 unspecified atom stereocenters. The number of rotatable bonds is 13. The Morgan fingerprint density at radius 2 is 1.41 bits per heavy atom. The number of nitrogens with zero attached hydrogens (tertiary/aromatic N) is 3. The fraction of sp³-hybridized carbons (Fsp3) is 0.200. The molecule has 0 bridgehead atoms. The van der Waals surface area contributed by atoms with Crippen molar-refractivity contribution in [1.29, 1.82) is 0 Å². The monoisotopic (exact) mass is 731 g/mol. The minimum Gasteiger partial charge on any atom is -0.493 e. The maximum atomic E-state index is 13.1. The lowest BCUT2D eigenvalue weighted by molar-refractivity contribution is -0.127. The van der Waals surface area contributed by atoms with Crippen LogP contribution in [0.4, 0.5) is 8.78 Å². The highest BCUT2D eigenvalue weighted by atomic mass is 35.5. The van der Waals surface area contributed by atoms with Crippen LogP contribution in [0.1, 0.15) is 22.3 Å². The minimum absolute atomic E-state index is 0. The van der Waals surface area contributed by atoms with Crippen LogP contribution in [0.15, 0.2) is 115 Å². The van der Waals surface area contributed by atoms with Crippen molar-refractivity contribution in [3.05, 3.63) is 154 Å².